The molecule has 132 valence electrons. The van der Waals surface area contributed by atoms with E-state index in [0.29, 0.717) is 0 Å². The van der Waals surface area contributed by atoms with Gasteiger partial charge in [0.15, 0.2) is 0 Å². The summed E-state index contributed by atoms with van der Waals surface area (Å²) in [5.41, 5.74) is 11.5. The van der Waals surface area contributed by atoms with Gasteiger partial charge >= 0.3 is 0 Å². The van der Waals surface area contributed by atoms with Crippen LogP contribution in [0.3, 0.4) is 0 Å². The molecule has 0 saturated carbocycles. The molecular formula is C27H24. The van der Waals surface area contributed by atoms with Crippen molar-refractivity contribution < 1.29 is 0 Å². The molecule has 0 N–H and O–H groups in total. The highest BCUT2D eigenvalue weighted by atomic mass is 14.1. The van der Waals surface area contributed by atoms with Crippen molar-refractivity contribution in [1.82, 2.24) is 0 Å². The van der Waals surface area contributed by atoms with Gasteiger partial charge < -0.3 is 0 Å². The molecular weight excluding hydrogens is 324 g/mol. The minimum atomic E-state index is 1.26. The number of aryl methyl sites for hydroxylation is 3. The lowest BCUT2D eigenvalue weighted by atomic mass is 9.93. The van der Waals surface area contributed by atoms with Crippen LogP contribution in [0.2, 0.25) is 0 Å². The number of benzene rings is 4. The Labute approximate surface area is 162 Å². The highest BCUT2D eigenvalue weighted by Gasteiger charge is 2.06. The van der Waals surface area contributed by atoms with Crippen LogP contribution in [0, 0.1) is 20.8 Å². The van der Waals surface area contributed by atoms with Gasteiger partial charge in [-0.1, -0.05) is 96.1 Å². The molecule has 0 aliphatic heterocycles. The van der Waals surface area contributed by atoms with Gasteiger partial charge in [-0.2, -0.15) is 0 Å². The van der Waals surface area contributed by atoms with Crippen molar-refractivity contribution in [3.8, 4) is 33.4 Å². The van der Waals surface area contributed by atoms with Gasteiger partial charge in [0, 0.05) is 0 Å². The molecule has 0 aliphatic rings. The van der Waals surface area contributed by atoms with E-state index in [9.17, 15) is 0 Å². The van der Waals surface area contributed by atoms with E-state index < -0.39 is 0 Å². The Hall–Kier alpha value is -3.12. The first kappa shape index (κ1) is 17.3. The molecule has 4 aromatic carbocycles. The molecule has 0 amide bonds. The van der Waals surface area contributed by atoms with Gasteiger partial charge in [0.05, 0.1) is 0 Å². The maximum absolute atomic E-state index is 2.31. The molecule has 27 heavy (non-hydrogen) atoms. The number of hydrogen-bond donors (Lipinski definition) is 0. The van der Waals surface area contributed by atoms with Crippen LogP contribution in [-0.4, -0.2) is 0 Å². The van der Waals surface area contributed by atoms with Crippen LogP contribution in [0.4, 0.5) is 0 Å². The summed E-state index contributed by atoms with van der Waals surface area (Å²) in [5.74, 6) is 0. The molecule has 0 atom stereocenters. The fourth-order valence-corrected chi connectivity index (χ4v) is 3.53. The third kappa shape index (κ3) is 3.71. The SMILES string of the molecule is Cc1ccc(-c2ccc(C)c(-c3ccc(-c4cccc(C)c4)cc3)c2)cc1. The van der Waals surface area contributed by atoms with Crippen LogP contribution < -0.4 is 0 Å². The van der Waals surface area contributed by atoms with E-state index in [-0.39, 0.29) is 0 Å². The molecule has 0 fully saturated rings. The van der Waals surface area contributed by atoms with E-state index in [1.165, 1.54) is 50.1 Å². The summed E-state index contributed by atoms with van der Waals surface area (Å²) in [6.45, 7) is 6.45. The molecule has 0 saturated heterocycles. The summed E-state index contributed by atoms with van der Waals surface area (Å²) in [5, 5.41) is 0. The van der Waals surface area contributed by atoms with Crippen LogP contribution in [0.1, 0.15) is 16.7 Å². The Bertz CT molecular complexity index is 1070. The zero-order chi connectivity index (χ0) is 18.8. The average Bonchev–Trinajstić information content (AvgIpc) is 2.69. The molecule has 0 spiro atoms. The van der Waals surface area contributed by atoms with Gasteiger partial charge in [-0.05, 0) is 65.8 Å². The fourth-order valence-electron chi connectivity index (χ4n) is 3.53. The highest BCUT2D eigenvalue weighted by Crippen LogP contribution is 2.31. The van der Waals surface area contributed by atoms with Gasteiger partial charge in [0.2, 0.25) is 0 Å². The lowest BCUT2D eigenvalue weighted by molar-refractivity contribution is 1.44. The third-order valence-corrected chi connectivity index (χ3v) is 5.17. The predicted octanol–water partition coefficient (Wildman–Crippen LogP) is 7.61. The summed E-state index contributed by atoms with van der Waals surface area (Å²) in [4.78, 5) is 0. The first-order chi connectivity index (χ1) is 13.1. The average molecular weight is 348 g/mol. The molecule has 0 radical (unpaired) electrons. The Balaban J connectivity index is 1.70. The Kier molecular flexibility index (Phi) is 4.64. The lowest BCUT2D eigenvalue weighted by Crippen LogP contribution is -1.87. The number of hydrogen-bond acceptors (Lipinski definition) is 0. The van der Waals surface area contributed by atoms with Gasteiger partial charge in [0.25, 0.3) is 0 Å². The first-order valence-electron chi connectivity index (χ1n) is 9.45. The molecule has 0 heterocycles. The largest absolute Gasteiger partial charge is 0.0614 e. The molecule has 0 aliphatic carbocycles. The zero-order valence-corrected chi connectivity index (χ0v) is 16.2. The smallest absolute Gasteiger partial charge is 0.0149 e. The molecule has 4 aromatic rings. The van der Waals surface area contributed by atoms with Crippen molar-refractivity contribution in [3.63, 3.8) is 0 Å². The first-order valence-corrected chi connectivity index (χ1v) is 9.45. The molecule has 0 aromatic heterocycles. The van der Waals surface area contributed by atoms with Crippen LogP contribution in [-0.2, 0) is 0 Å². The molecule has 0 bridgehead atoms. The van der Waals surface area contributed by atoms with Crippen LogP contribution >= 0.6 is 0 Å². The van der Waals surface area contributed by atoms with E-state index >= 15 is 0 Å². The molecule has 4 rings (SSSR count). The second kappa shape index (κ2) is 7.25. The van der Waals surface area contributed by atoms with Crippen molar-refractivity contribution in [3.05, 3.63) is 108 Å². The van der Waals surface area contributed by atoms with Crippen molar-refractivity contribution in [2.24, 2.45) is 0 Å². The van der Waals surface area contributed by atoms with E-state index in [0.717, 1.165) is 0 Å². The van der Waals surface area contributed by atoms with E-state index in [4.69, 9.17) is 0 Å². The van der Waals surface area contributed by atoms with Gasteiger partial charge in [-0.15, -0.1) is 0 Å². The van der Waals surface area contributed by atoms with Crippen LogP contribution in [0.5, 0.6) is 0 Å². The summed E-state index contributed by atoms with van der Waals surface area (Å²) in [6.07, 6.45) is 0. The molecule has 0 nitrogen and oxygen atoms in total. The summed E-state index contributed by atoms with van der Waals surface area (Å²) >= 11 is 0. The quantitative estimate of drug-likeness (QED) is 0.357. The maximum Gasteiger partial charge on any atom is -0.0149 e. The normalized spacial score (nSPS) is 10.8. The second-order valence-electron chi connectivity index (χ2n) is 7.34. The monoisotopic (exact) mass is 348 g/mol. The highest BCUT2D eigenvalue weighted by molar-refractivity contribution is 5.77. The van der Waals surface area contributed by atoms with Crippen molar-refractivity contribution in [1.29, 1.82) is 0 Å². The van der Waals surface area contributed by atoms with E-state index in [2.05, 4.69) is 112 Å². The lowest BCUT2D eigenvalue weighted by Gasteiger charge is -2.11. The molecule has 0 heteroatoms. The van der Waals surface area contributed by atoms with Crippen LogP contribution in [0.25, 0.3) is 33.4 Å². The summed E-state index contributed by atoms with van der Waals surface area (Å²) < 4.78 is 0. The topological polar surface area (TPSA) is 0 Å². The summed E-state index contributed by atoms with van der Waals surface area (Å²) in [6, 6.07) is 33.1. The van der Waals surface area contributed by atoms with Gasteiger partial charge in [-0.25, -0.2) is 0 Å². The Morgan fingerprint density at radius 2 is 0.963 bits per heavy atom. The molecule has 0 unspecified atom stereocenters. The maximum atomic E-state index is 2.31. The Morgan fingerprint density at radius 1 is 0.407 bits per heavy atom. The number of rotatable bonds is 3. The van der Waals surface area contributed by atoms with Gasteiger partial charge in [0.1, 0.15) is 0 Å². The van der Waals surface area contributed by atoms with Crippen LogP contribution in [0.15, 0.2) is 91.0 Å². The zero-order valence-electron chi connectivity index (χ0n) is 16.2. The van der Waals surface area contributed by atoms with E-state index in [1.54, 1.807) is 0 Å². The predicted molar refractivity (Wildman–Crippen MR) is 117 cm³/mol. The van der Waals surface area contributed by atoms with Gasteiger partial charge in [-0.3, -0.25) is 0 Å². The third-order valence-electron chi connectivity index (χ3n) is 5.17. The Morgan fingerprint density at radius 3 is 1.63 bits per heavy atom. The second-order valence-corrected chi connectivity index (χ2v) is 7.34. The summed E-state index contributed by atoms with van der Waals surface area (Å²) in [7, 11) is 0. The van der Waals surface area contributed by atoms with E-state index in [1.807, 2.05) is 0 Å². The van der Waals surface area contributed by atoms with Crippen molar-refractivity contribution >= 4 is 0 Å². The fraction of sp³-hybridized carbons (Fsp3) is 0.111. The van der Waals surface area contributed by atoms with Crippen molar-refractivity contribution in [2.75, 3.05) is 0 Å². The minimum Gasteiger partial charge on any atom is -0.0614 e. The van der Waals surface area contributed by atoms with Crippen molar-refractivity contribution in [2.45, 2.75) is 20.8 Å². The minimum absolute atomic E-state index is 1.26. The standard InChI is InChI=1S/C27H24/c1-19-7-10-22(11-8-19)26-12-9-21(3)27(18-26)24-15-13-23(14-16-24)25-6-4-5-20(2)17-25/h4-18H,1-3H3.